The number of aromatic hydroxyl groups is 1. The summed E-state index contributed by atoms with van der Waals surface area (Å²) >= 11 is 0. The highest BCUT2D eigenvalue weighted by molar-refractivity contribution is 6.04. The van der Waals surface area contributed by atoms with Gasteiger partial charge in [0.05, 0.1) is 21.8 Å². The van der Waals surface area contributed by atoms with Crippen LogP contribution in [0.25, 0.3) is 32.6 Å². The zero-order valence-electron chi connectivity index (χ0n) is 14.5. The smallest absolute Gasteiger partial charge is 0.200 e. The van der Waals surface area contributed by atoms with Gasteiger partial charge in [0.2, 0.25) is 5.43 Å². The van der Waals surface area contributed by atoms with E-state index >= 15 is 0 Å². The molecule has 4 aromatic rings. The maximum Gasteiger partial charge on any atom is 0.200 e. The number of H-pyrrole nitrogens is 1. The fourth-order valence-corrected chi connectivity index (χ4v) is 3.90. The van der Waals surface area contributed by atoms with Gasteiger partial charge < -0.3 is 14.8 Å². The van der Waals surface area contributed by atoms with Crippen molar-refractivity contribution in [1.29, 1.82) is 0 Å². The Balaban J connectivity index is 2.03. The van der Waals surface area contributed by atoms with Crippen molar-refractivity contribution in [2.45, 2.75) is 19.3 Å². The first-order valence-electron chi connectivity index (χ1n) is 8.50. The lowest BCUT2D eigenvalue weighted by Gasteiger charge is -2.19. The van der Waals surface area contributed by atoms with Crippen molar-refractivity contribution >= 4 is 32.6 Å². The molecule has 0 saturated heterocycles. The standard InChI is InChI=1S/C22H17NO3/c1-11-22(2,3)19-17(26-11)10-16(24)18-20(19)23-15-9-13-7-5-4-6-12(13)8-14(15)21(18)25/h4-10,24H,1H2,2-3H3,(H,23,25). The Kier molecular flexibility index (Phi) is 2.70. The number of phenols is 1. The quantitative estimate of drug-likeness (QED) is 0.454. The number of phenolic OH excluding ortho intramolecular Hbond substituents is 1. The molecule has 4 heteroatoms. The summed E-state index contributed by atoms with van der Waals surface area (Å²) in [5.74, 6) is 1.06. The Morgan fingerprint density at radius 3 is 2.54 bits per heavy atom. The van der Waals surface area contributed by atoms with Crippen LogP contribution < -0.4 is 10.2 Å². The van der Waals surface area contributed by atoms with E-state index in [0.717, 1.165) is 21.9 Å². The van der Waals surface area contributed by atoms with Gasteiger partial charge in [0.1, 0.15) is 17.3 Å². The number of benzene rings is 3. The van der Waals surface area contributed by atoms with Crippen molar-refractivity contribution in [1.82, 2.24) is 4.98 Å². The van der Waals surface area contributed by atoms with Gasteiger partial charge in [-0.2, -0.15) is 0 Å². The van der Waals surface area contributed by atoms with Gasteiger partial charge in [0, 0.05) is 17.0 Å². The predicted octanol–water partition coefficient (Wildman–Crippen LogP) is 4.72. The number of aromatic nitrogens is 1. The molecule has 1 aliphatic heterocycles. The van der Waals surface area contributed by atoms with Gasteiger partial charge in [-0.25, -0.2) is 0 Å². The fourth-order valence-electron chi connectivity index (χ4n) is 3.90. The minimum Gasteiger partial charge on any atom is -0.507 e. The lowest BCUT2D eigenvalue weighted by Crippen LogP contribution is -2.17. The number of hydrogen-bond acceptors (Lipinski definition) is 3. The van der Waals surface area contributed by atoms with Crippen LogP contribution in [-0.4, -0.2) is 10.1 Å². The van der Waals surface area contributed by atoms with E-state index in [1.165, 1.54) is 6.07 Å². The Morgan fingerprint density at radius 2 is 1.81 bits per heavy atom. The van der Waals surface area contributed by atoms with Crippen LogP contribution in [0.15, 0.2) is 59.6 Å². The highest BCUT2D eigenvalue weighted by Crippen LogP contribution is 2.49. The van der Waals surface area contributed by atoms with E-state index in [4.69, 9.17) is 4.74 Å². The van der Waals surface area contributed by atoms with E-state index in [0.29, 0.717) is 22.4 Å². The maximum absolute atomic E-state index is 13.2. The van der Waals surface area contributed by atoms with Crippen molar-refractivity contribution in [3.8, 4) is 11.5 Å². The molecule has 0 saturated carbocycles. The van der Waals surface area contributed by atoms with Gasteiger partial charge in [-0.3, -0.25) is 4.79 Å². The predicted molar refractivity (Wildman–Crippen MR) is 104 cm³/mol. The summed E-state index contributed by atoms with van der Waals surface area (Å²) in [5.41, 5.74) is 1.55. The molecule has 0 bridgehead atoms. The van der Waals surface area contributed by atoms with Crippen LogP contribution in [-0.2, 0) is 5.41 Å². The van der Waals surface area contributed by atoms with E-state index in [-0.39, 0.29) is 16.6 Å². The molecule has 1 aromatic heterocycles. The summed E-state index contributed by atoms with van der Waals surface area (Å²) < 4.78 is 5.76. The highest BCUT2D eigenvalue weighted by atomic mass is 16.5. The normalized spacial score (nSPS) is 15.5. The number of nitrogens with one attached hydrogen (secondary N) is 1. The molecular weight excluding hydrogens is 326 g/mol. The molecule has 1 aliphatic rings. The van der Waals surface area contributed by atoms with Gasteiger partial charge in [-0.15, -0.1) is 0 Å². The summed E-state index contributed by atoms with van der Waals surface area (Å²) in [6, 6.07) is 13.3. The molecule has 0 spiro atoms. The van der Waals surface area contributed by atoms with Crippen molar-refractivity contribution in [3.63, 3.8) is 0 Å². The van der Waals surface area contributed by atoms with Gasteiger partial charge in [0.25, 0.3) is 0 Å². The Bertz CT molecular complexity index is 1330. The molecule has 5 rings (SSSR count). The number of pyridine rings is 1. The third-order valence-corrected chi connectivity index (χ3v) is 5.44. The first kappa shape index (κ1) is 15.0. The second-order valence-corrected chi connectivity index (χ2v) is 7.37. The van der Waals surface area contributed by atoms with Gasteiger partial charge in [-0.05, 0) is 36.8 Å². The molecule has 2 N–H and O–H groups in total. The van der Waals surface area contributed by atoms with E-state index in [1.54, 1.807) is 0 Å². The summed E-state index contributed by atoms with van der Waals surface area (Å²) in [6.45, 7) is 7.99. The van der Waals surface area contributed by atoms with Crippen LogP contribution in [0.1, 0.15) is 19.4 Å². The second kappa shape index (κ2) is 4.67. The first-order chi connectivity index (χ1) is 12.4. The van der Waals surface area contributed by atoms with Gasteiger partial charge in [0.15, 0.2) is 0 Å². The van der Waals surface area contributed by atoms with Crippen LogP contribution >= 0.6 is 0 Å². The Morgan fingerprint density at radius 1 is 1.12 bits per heavy atom. The van der Waals surface area contributed by atoms with E-state index in [1.807, 2.05) is 50.2 Å². The van der Waals surface area contributed by atoms with Crippen LogP contribution in [0.4, 0.5) is 0 Å². The van der Waals surface area contributed by atoms with Crippen molar-refractivity contribution in [3.05, 3.63) is 70.6 Å². The minimum atomic E-state index is -0.464. The average molecular weight is 343 g/mol. The summed E-state index contributed by atoms with van der Waals surface area (Å²) in [4.78, 5) is 16.6. The maximum atomic E-state index is 13.2. The molecule has 26 heavy (non-hydrogen) atoms. The first-order valence-corrected chi connectivity index (χ1v) is 8.50. The molecule has 0 amide bonds. The topological polar surface area (TPSA) is 62.3 Å². The number of rotatable bonds is 0. The molecule has 0 atom stereocenters. The summed E-state index contributed by atoms with van der Waals surface area (Å²) in [5, 5.41) is 13.4. The lowest BCUT2D eigenvalue weighted by atomic mass is 9.83. The van der Waals surface area contributed by atoms with Crippen LogP contribution in [0.5, 0.6) is 11.5 Å². The Labute approximate surface area is 149 Å². The van der Waals surface area contributed by atoms with E-state index in [9.17, 15) is 9.90 Å². The molecule has 2 heterocycles. The van der Waals surface area contributed by atoms with Gasteiger partial charge in [-0.1, -0.05) is 30.8 Å². The van der Waals surface area contributed by atoms with Crippen LogP contribution in [0, 0.1) is 0 Å². The van der Waals surface area contributed by atoms with Crippen molar-refractivity contribution < 1.29 is 9.84 Å². The van der Waals surface area contributed by atoms with Crippen LogP contribution in [0.3, 0.4) is 0 Å². The van der Waals surface area contributed by atoms with Gasteiger partial charge >= 0.3 is 0 Å². The van der Waals surface area contributed by atoms with Crippen molar-refractivity contribution in [2.24, 2.45) is 0 Å². The van der Waals surface area contributed by atoms with Crippen LogP contribution in [0.2, 0.25) is 0 Å². The zero-order chi connectivity index (χ0) is 18.2. The second-order valence-electron chi connectivity index (χ2n) is 7.37. The highest BCUT2D eigenvalue weighted by Gasteiger charge is 2.39. The molecule has 0 aliphatic carbocycles. The molecule has 0 unspecified atom stereocenters. The number of ether oxygens (including phenoxy) is 1. The molecule has 0 radical (unpaired) electrons. The minimum absolute atomic E-state index is 0.0828. The molecule has 4 nitrogen and oxygen atoms in total. The number of fused-ring (bicyclic) bond motifs is 5. The average Bonchev–Trinajstić information content (AvgIpc) is 2.82. The summed E-state index contributed by atoms with van der Waals surface area (Å²) in [7, 11) is 0. The van der Waals surface area contributed by atoms with E-state index in [2.05, 4.69) is 11.6 Å². The molecule has 0 fully saturated rings. The zero-order valence-corrected chi connectivity index (χ0v) is 14.5. The molecule has 3 aromatic carbocycles. The Hall–Kier alpha value is -3.27. The fraction of sp³-hybridized carbons (Fsp3) is 0.136. The monoisotopic (exact) mass is 343 g/mol. The summed E-state index contributed by atoms with van der Waals surface area (Å²) in [6.07, 6.45) is 0. The molecule has 128 valence electrons. The van der Waals surface area contributed by atoms with Crippen molar-refractivity contribution in [2.75, 3.05) is 0 Å². The number of hydrogen-bond donors (Lipinski definition) is 2. The number of allylic oxidation sites excluding steroid dienone is 1. The van der Waals surface area contributed by atoms with E-state index < -0.39 is 5.41 Å². The lowest BCUT2D eigenvalue weighted by molar-refractivity contribution is 0.394. The number of aromatic amines is 1. The molecular formula is C22H17NO3. The third-order valence-electron chi connectivity index (χ3n) is 5.44. The third kappa shape index (κ3) is 1.76. The largest absolute Gasteiger partial charge is 0.507 e. The SMILES string of the molecule is C=C1Oc2cc(O)c3c(=O)c4cc5ccccc5cc4[nH]c3c2C1(C)C.